The van der Waals surface area contributed by atoms with Gasteiger partial charge in [-0.15, -0.1) is 0 Å². The highest BCUT2D eigenvalue weighted by Gasteiger charge is 2.29. The lowest BCUT2D eigenvalue weighted by atomic mass is 10.1. The van der Waals surface area contributed by atoms with Crippen molar-refractivity contribution in [1.29, 1.82) is 0 Å². The molecule has 8 nitrogen and oxygen atoms in total. The lowest BCUT2D eigenvalue weighted by molar-refractivity contribution is -0.0259. The van der Waals surface area contributed by atoms with Gasteiger partial charge in [0.1, 0.15) is 11.9 Å². The van der Waals surface area contributed by atoms with E-state index in [0.29, 0.717) is 43.5 Å². The second-order valence-electron chi connectivity index (χ2n) is 6.99. The third-order valence-corrected chi connectivity index (χ3v) is 5.24. The summed E-state index contributed by atoms with van der Waals surface area (Å²) in [6.07, 6.45) is 1.07. The molecule has 1 amide bonds. The molecule has 1 N–H and O–H groups in total. The van der Waals surface area contributed by atoms with E-state index in [-0.39, 0.29) is 17.8 Å². The Kier molecular flexibility index (Phi) is 6.35. The lowest BCUT2D eigenvalue weighted by Crippen LogP contribution is -2.42. The monoisotopic (exact) mass is 430 g/mol. The summed E-state index contributed by atoms with van der Waals surface area (Å²) >= 11 is 6.10. The van der Waals surface area contributed by atoms with Crippen LogP contribution in [0.25, 0.3) is 0 Å². The molecule has 0 radical (unpaired) electrons. The van der Waals surface area contributed by atoms with Crippen LogP contribution in [-0.4, -0.2) is 52.5 Å². The highest BCUT2D eigenvalue weighted by atomic mass is 35.5. The minimum absolute atomic E-state index is 0.181. The van der Waals surface area contributed by atoms with Crippen LogP contribution in [0, 0.1) is 0 Å². The maximum atomic E-state index is 12.7. The summed E-state index contributed by atoms with van der Waals surface area (Å²) in [4.78, 5) is 14.4. The smallest absolute Gasteiger partial charge is 0.292 e. The quantitative estimate of drug-likeness (QED) is 0.617. The van der Waals surface area contributed by atoms with Gasteiger partial charge in [-0.1, -0.05) is 35.8 Å². The molecule has 0 unspecified atom stereocenters. The Morgan fingerprint density at radius 1 is 1.37 bits per heavy atom. The summed E-state index contributed by atoms with van der Waals surface area (Å²) in [5, 5.41) is 11.9. The van der Waals surface area contributed by atoms with Gasteiger partial charge < -0.3 is 18.9 Å². The summed E-state index contributed by atoms with van der Waals surface area (Å²) in [6, 6.07) is 11.0. The second kappa shape index (κ2) is 9.32. The van der Waals surface area contributed by atoms with Gasteiger partial charge in [0.05, 0.1) is 36.2 Å². The van der Waals surface area contributed by atoms with Gasteiger partial charge in [0.2, 0.25) is 5.76 Å². The van der Waals surface area contributed by atoms with Crippen LogP contribution in [0.3, 0.4) is 0 Å². The number of amides is 1. The minimum atomic E-state index is -0.300. The van der Waals surface area contributed by atoms with E-state index in [1.807, 2.05) is 31.2 Å². The van der Waals surface area contributed by atoms with E-state index in [1.54, 1.807) is 17.0 Å². The highest BCUT2D eigenvalue weighted by molar-refractivity contribution is 6.32. The molecule has 3 heterocycles. The predicted molar refractivity (Wildman–Crippen MR) is 110 cm³/mol. The van der Waals surface area contributed by atoms with Gasteiger partial charge in [-0.2, -0.15) is 5.10 Å². The zero-order valence-corrected chi connectivity index (χ0v) is 17.4. The molecule has 2 aromatic heterocycles. The summed E-state index contributed by atoms with van der Waals surface area (Å²) in [7, 11) is 0. The van der Waals surface area contributed by atoms with E-state index in [1.165, 1.54) is 0 Å². The standard InChI is InChI=1S/C21H23ClN4O4/c1-2-14-12-19(30-25-14)21(27)26-8-10-29-20(13-26)17-11-15(23-24-17)7-9-28-18-6-4-3-5-16(18)22/h3-6,11-12,20H,2,7-10,13H2,1H3,(H,23,24)/t20-/m1/s1. The van der Waals surface area contributed by atoms with E-state index in [0.717, 1.165) is 23.5 Å². The van der Waals surface area contributed by atoms with E-state index >= 15 is 0 Å². The van der Waals surface area contributed by atoms with Crippen LogP contribution in [-0.2, 0) is 17.6 Å². The van der Waals surface area contributed by atoms with Crippen molar-refractivity contribution in [3.8, 4) is 5.75 Å². The molecule has 3 aromatic rings. The number of rotatable bonds is 7. The van der Waals surface area contributed by atoms with Crippen LogP contribution in [0.4, 0.5) is 0 Å². The number of para-hydroxylation sites is 1. The van der Waals surface area contributed by atoms with Gasteiger partial charge in [0, 0.05) is 24.7 Å². The molecule has 0 bridgehead atoms. The minimum Gasteiger partial charge on any atom is -0.492 e. The van der Waals surface area contributed by atoms with Crippen molar-refractivity contribution in [2.75, 3.05) is 26.3 Å². The number of carbonyl (C=O) groups is 1. The number of aromatic amines is 1. The average Bonchev–Trinajstić information content (AvgIpc) is 3.44. The summed E-state index contributed by atoms with van der Waals surface area (Å²) in [6.45, 7) is 3.77. The molecule has 0 spiro atoms. The molecule has 30 heavy (non-hydrogen) atoms. The second-order valence-corrected chi connectivity index (χ2v) is 7.40. The number of aromatic nitrogens is 3. The van der Waals surface area contributed by atoms with Crippen LogP contribution in [0.5, 0.6) is 5.75 Å². The molecule has 1 aliphatic heterocycles. The molecule has 9 heteroatoms. The van der Waals surface area contributed by atoms with Crippen molar-refractivity contribution < 1.29 is 18.8 Å². The highest BCUT2D eigenvalue weighted by Crippen LogP contribution is 2.24. The molecular weight excluding hydrogens is 408 g/mol. The Labute approximate surface area is 179 Å². The molecule has 1 aromatic carbocycles. The van der Waals surface area contributed by atoms with Crippen LogP contribution < -0.4 is 4.74 Å². The Bertz CT molecular complexity index is 1000. The first-order chi connectivity index (χ1) is 14.6. The summed E-state index contributed by atoms with van der Waals surface area (Å²) in [5.41, 5.74) is 2.44. The van der Waals surface area contributed by atoms with E-state index in [9.17, 15) is 4.79 Å². The molecular formula is C21H23ClN4O4. The number of H-pyrrole nitrogens is 1. The summed E-state index contributed by atoms with van der Waals surface area (Å²) < 4.78 is 16.7. The Hall–Kier alpha value is -2.84. The van der Waals surface area contributed by atoms with Crippen molar-refractivity contribution in [2.24, 2.45) is 0 Å². The van der Waals surface area contributed by atoms with E-state index in [4.69, 9.17) is 25.6 Å². The SMILES string of the molecule is CCc1cc(C(=O)N2CCO[C@@H](c3cc(CCOc4ccccc4Cl)[nH]n3)C2)on1. The molecule has 1 fully saturated rings. The van der Waals surface area contributed by atoms with Gasteiger partial charge >= 0.3 is 0 Å². The first-order valence-corrected chi connectivity index (χ1v) is 10.3. The predicted octanol–water partition coefficient (Wildman–Crippen LogP) is 3.45. The van der Waals surface area contributed by atoms with E-state index in [2.05, 4.69) is 15.4 Å². The van der Waals surface area contributed by atoms with Crippen molar-refractivity contribution in [3.05, 3.63) is 64.3 Å². The van der Waals surface area contributed by atoms with Crippen molar-refractivity contribution in [1.82, 2.24) is 20.3 Å². The number of nitrogens with zero attached hydrogens (tertiary/aromatic N) is 3. The van der Waals surface area contributed by atoms with Gasteiger partial charge in [-0.3, -0.25) is 9.89 Å². The topological polar surface area (TPSA) is 93.5 Å². The average molecular weight is 431 g/mol. The van der Waals surface area contributed by atoms with Gasteiger partial charge in [-0.05, 0) is 24.6 Å². The first-order valence-electron chi connectivity index (χ1n) is 9.92. The van der Waals surface area contributed by atoms with Crippen molar-refractivity contribution in [2.45, 2.75) is 25.9 Å². The maximum Gasteiger partial charge on any atom is 0.292 e. The molecule has 158 valence electrons. The number of ether oxygens (including phenoxy) is 2. The molecule has 4 rings (SSSR count). The lowest BCUT2D eigenvalue weighted by Gasteiger charge is -2.31. The van der Waals surface area contributed by atoms with Crippen molar-refractivity contribution >= 4 is 17.5 Å². The maximum absolute atomic E-state index is 12.7. The number of aryl methyl sites for hydroxylation is 1. The van der Waals surface area contributed by atoms with Crippen LogP contribution in [0.2, 0.25) is 5.02 Å². The first kappa shape index (κ1) is 20.4. The van der Waals surface area contributed by atoms with Gasteiger partial charge in [-0.25, -0.2) is 0 Å². The number of benzene rings is 1. The Balaban J connectivity index is 1.33. The number of nitrogens with one attached hydrogen (secondary N) is 1. The summed E-state index contributed by atoms with van der Waals surface area (Å²) in [5.74, 6) is 0.730. The molecule has 1 aliphatic rings. The number of halogens is 1. The Morgan fingerprint density at radius 2 is 2.23 bits per heavy atom. The fourth-order valence-corrected chi connectivity index (χ4v) is 3.44. The zero-order chi connectivity index (χ0) is 20.9. The van der Waals surface area contributed by atoms with Gasteiger partial charge in [0.25, 0.3) is 5.91 Å². The van der Waals surface area contributed by atoms with Crippen LogP contribution in [0.1, 0.15) is 40.7 Å². The van der Waals surface area contributed by atoms with Gasteiger partial charge in [0.15, 0.2) is 0 Å². The fourth-order valence-electron chi connectivity index (χ4n) is 3.25. The third-order valence-electron chi connectivity index (χ3n) is 4.93. The third kappa shape index (κ3) is 4.66. The molecule has 0 aliphatic carbocycles. The molecule has 0 saturated carbocycles. The molecule has 1 atom stereocenters. The number of hydrogen-bond donors (Lipinski definition) is 1. The Morgan fingerprint density at radius 3 is 3.03 bits per heavy atom. The number of carbonyl (C=O) groups excluding carboxylic acids is 1. The fraction of sp³-hybridized carbons (Fsp3) is 0.381. The normalized spacial score (nSPS) is 16.6. The zero-order valence-electron chi connectivity index (χ0n) is 16.6. The van der Waals surface area contributed by atoms with Crippen molar-refractivity contribution in [3.63, 3.8) is 0 Å². The molecule has 1 saturated heterocycles. The number of morpholine rings is 1. The van der Waals surface area contributed by atoms with Crippen LogP contribution >= 0.6 is 11.6 Å². The van der Waals surface area contributed by atoms with Crippen LogP contribution in [0.15, 0.2) is 40.9 Å². The van der Waals surface area contributed by atoms with E-state index < -0.39 is 0 Å². The number of hydrogen-bond acceptors (Lipinski definition) is 6. The largest absolute Gasteiger partial charge is 0.492 e.